The van der Waals surface area contributed by atoms with E-state index in [4.69, 9.17) is 4.74 Å². The van der Waals surface area contributed by atoms with E-state index in [2.05, 4.69) is 4.98 Å². The molecule has 0 saturated heterocycles. The first-order valence-electron chi connectivity index (χ1n) is 2.96. The van der Waals surface area contributed by atoms with Gasteiger partial charge in [0.2, 0.25) is 0 Å². The molecule has 2 nitrogen and oxygen atoms in total. The number of rotatable bonds is 2. The van der Waals surface area contributed by atoms with Crippen molar-refractivity contribution >= 4 is 12.4 Å². The maximum atomic E-state index is 5.14. The first-order chi connectivity index (χ1) is 4.43. The summed E-state index contributed by atoms with van der Waals surface area (Å²) in [6.07, 6.45) is 3.42. The second-order valence-electron chi connectivity index (χ2n) is 1.62. The predicted molar refractivity (Wildman–Crippen MR) is 42.7 cm³/mol. The van der Waals surface area contributed by atoms with Gasteiger partial charge >= 0.3 is 0 Å². The van der Waals surface area contributed by atoms with Gasteiger partial charge in [-0.05, 0) is 19.1 Å². The molecular formula is C7H10ClNO. The highest BCUT2D eigenvalue weighted by molar-refractivity contribution is 5.85. The minimum atomic E-state index is 0. The number of aromatic nitrogens is 1. The van der Waals surface area contributed by atoms with Crippen molar-refractivity contribution in [3.63, 3.8) is 0 Å². The van der Waals surface area contributed by atoms with Crippen LogP contribution in [0.25, 0.3) is 0 Å². The zero-order valence-electron chi connectivity index (χ0n) is 5.78. The van der Waals surface area contributed by atoms with Crippen molar-refractivity contribution in [2.45, 2.75) is 6.92 Å². The molecule has 1 aromatic heterocycles. The molecule has 0 aromatic carbocycles. The summed E-state index contributed by atoms with van der Waals surface area (Å²) >= 11 is 0. The fourth-order valence-electron chi connectivity index (χ4n) is 0.599. The van der Waals surface area contributed by atoms with Crippen molar-refractivity contribution in [2.24, 2.45) is 0 Å². The molecule has 0 saturated carbocycles. The molecule has 1 heterocycles. The normalized spacial score (nSPS) is 8.10. The third-order valence-corrected chi connectivity index (χ3v) is 0.945. The van der Waals surface area contributed by atoms with E-state index < -0.39 is 0 Å². The Labute approximate surface area is 66.6 Å². The van der Waals surface area contributed by atoms with Gasteiger partial charge in [0.15, 0.2) is 0 Å². The molecule has 0 aliphatic rings. The third kappa shape index (κ3) is 2.69. The summed E-state index contributed by atoms with van der Waals surface area (Å²) in [7, 11) is 0. The quantitative estimate of drug-likeness (QED) is 0.658. The summed E-state index contributed by atoms with van der Waals surface area (Å²) in [5, 5.41) is 0. The lowest BCUT2D eigenvalue weighted by Gasteiger charge is -1.98. The van der Waals surface area contributed by atoms with Crippen LogP contribution in [0.1, 0.15) is 6.92 Å². The molecule has 0 spiro atoms. The lowest BCUT2D eigenvalue weighted by atomic mass is 10.5. The van der Waals surface area contributed by atoms with Crippen LogP contribution in [0.4, 0.5) is 0 Å². The Morgan fingerprint density at radius 3 is 2.90 bits per heavy atom. The summed E-state index contributed by atoms with van der Waals surface area (Å²) in [4.78, 5) is 3.88. The van der Waals surface area contributed by atoms with E-state index in [0.29, 0.717) is 6.61 Å². The van der Waals surface area contributed by atoms with E-state index >= 15 is 0 Å². The number of hydrogen-bond acceptors (Lipinski definition) is 2. The van der Waals surface area contributed by atoms with Crippen LogP contribution in [0, 0.1) is 0 Å². The standard InChI is InChI=1S/C7H9NO.ClH/c1-2-9-7-4-3-5-8-6-7;/h3-6H,2H2,1H3;1H. The van der Waals surface area contributed by atoms with Crippen LogP contribution in [-0.2, 0) is 0 Å². The molecule has 0 fully saturated rings. The molecule has 56 valence electrons. The van der Waals surface area contributed by atoms with Crippen LogP contribution in [0.5, 0.6) is 5.75 Å². The molecule has 0 atom stereocenters. The zero-order chi connectivity index (χ0) is 6.53. The van der Waals surface area contributed by atoms with E-state index in [-0.39, 0.29) is 12.4 Å². The lowest BCUT2D eigenvalue weighted by molar-refractivity contribution is 0.339. The Kier molecular flexibility index (Phi) is 4.67. The van der Waals surface area contributed by atoms with E-state index in [9.17, 15) is 0 Å². The number of nitrogens with zero attached hydrogens (tertiary/aromatic N) is 1. The SMILES string of the molecule is CCOc1cccnc1.Cl. The molecule has 0 radical (unpaired) electrons. The van der Waals surface area contributed by atoms with Gasteiger partial charge in [-0.3, -0.25) is 4.98 Å². The molecule has 1 aromatic rings. The van der Waals surface area contributed by atoms with Crippen LogP contribution >= 0.6 is 12.4 Å². The van der Waals surface area contributed by atoms with Crippen LogP contribution in [-0.4, -0.2) is 11.6 Å². The lowest BCUT2D eigenvalue weighted by Crippen LogP contribution is -1.90. The Morgan fingerprint density at radius 2 is 2.40 bits per heavy atom. The zero-order valence-corrected chi connectivity index (χ0v) is 6.60. The fraction of sp³-hybridized carbons (Fsp3) is 0.286. The minimum Gasteiger partial charge on any atom is -0.492 e. The van der Waals surface area contributed by atoms with Crippen molar-refractivity contribution in [3.8, 4) is 5.75 Å². The molecule has 0 unspecified atom stereocenters. The maximum absolute atomic E-state index is 5.14. The minimum absolute atomic E-state index is 0. The van der Waals surface area contributed by atoms with Crippen LogP contribution in [0.3, 0.4) is 0 Å². The molecule has 1 rings (SSSR count). The molecule has 0 aliphatic heterocycles. The van der Waals surface area contributed by atoms with Gasteiger partial charge < -0.3 is 4.74 Å². The topological polar surface area (TPSA) is 22.1 Å². The molecule has 0 aliphatic carbocycles. The molecule has 0 bridgehead atoms. The summed E-state index contributed by atoms with van der Waals surface area (Å²) in [6.45, 7) is 2.65. The summed E-state index contributed by atoms with van der Waals surface area (Å²) in [5.74, 6) is 0.833. The van der Waals surface area contributed by atoms with Gasteiger partial charge in [0.1, 0.15) is 5.75 Å². The van der Waals surface area contributed by atoms with Crippen molar-refractivity contribution in [2.75, 3.05) is 6.61 Å². The van der Waals surface area contributed by atoms with Gasteiger partial charge in [-0.2, -0.15) is 0 Å². The molecule has 0 N–H and O–H groups in total. The van der Waals surface area contributed by atoms with Crippen molar-refractivity contribution < 1.29 is 4.74 Å². The highest BCUT2D eigenvalue weighted by Crippen LogP contribution is 2.04. The average Bonchev–Trinajstić information content (AvgIpc) is 1.91. The van der Waals surface area contributed by atoms with Crippen LogP contribution < -0.4 is 4.74 Å². The first kappa shape index (κ1) is 9.24. The predicted octanol–water partition coefficient (Wildman–Crippen LogP) is 1.90. The highest BCUT2D eigenvalue weighted by Gasteiger charge is 1.84. The molecule has 3 heteroatoms. The monoisotopic (exact) mass is 159 g/mol. The smallest absolute Gasteiger partial charge is 0.137 e. The van der Waals surface area contributed by atoms with Gasteiger partial charge in [0, 0.05) is 6.20 Å². The Morgan fingerprint density at radius 1 is 1.60 bits per heavy atom. The molecular weight excluding hydrogens is 150 g/mol. The second-order valence-corrected chi connectivity index (χ2v) is 1.62. The van der Waals surface area contributed by atoms with E-state index in [1.54, 1.807) is 12.4 Å². The number of hydrogen-bond donors (Lipinski definition) is 0. The molecule has 10 heavy (non-hydrogen) atoms. The number of ether oxygens (including phenoxy) is 1. The number of pyridine rings is 1. The van der Waals surface area contributed by atoms with Crippen LogP contribution in [0.2, 0.25) is 0 Å². The van der Waals surface area contributed by atoms with E-state index in [0.717, 1.165) is 5.75 Å². The Balaban J connectivity index is 0.000000810. The third-order valence-electron chi connectivity index (χ3n) is 0.945. The van der Waals surface area contributed by atoms with Gasteiger partial charge in [0.25, 0.3) is 0 Å². The summed E-state index contributed by atoms with van der Waals surface area (Å²) in [5.41, 5.74) is 0. The van der Waals surface area contributed by atoms with Crippen molar-refractivity contribution in [1.82, 2.24) is 4.98 Å². The van der Waals surface area contributed by atoms with E-state index in [1.165, 1.54) is 0 Å². The second kappa shape index (κ2) is 5.06. The summed E-state index contributed by atoms with van der Waals surface area (Å²) < 4.78 is 5.14. The fourth-order valence-corrected chi connectivity index (χ4v) is 0.599. The van der Waals surface area contributed by atoms with Crippen LogP contribution in [0.15, 0.2) is 24.5 Å². The van der Waals surface area contributed by atoms with Gasteiger partial charge in [0.05, 0.1) is 12.8 Å². The van der Waals surface area contributed by atoms with Crippen molar-refractivity contribution in [3.05, 3.63) is 24.5 Å². The Bertz CT molecular complexity index is 167. The average molecular weight is 160 g/mol. The first-order valence-corrected chi connectivity index (χ1v) is 2.96. The Hall–Kier alpha value is -0.760. The van der Waals surface area contributed by atoms with Gasteiger partial charge in [-0.25, -0.2) is 0 Å². The summed E-state index contributed by atoms with van der Waals surface area (Å²) in [6, 6.07) is 3.74. The largest absolute Gasteiger partial charge is 0.492 e. The van der Waals surface area contributed by atoms with E-state index in [1.807, 2.05) is 19.1 Å². The van der Waals surface area contributed by atoms with Gasteiger partial charge in [-0.15, -0.1) is 12.4 Å². The number of halogens is 1. The maximum Gasteiger partial charge on any atom is 0.137 e. The van der Waals surface area contributed by atoms with Crippen molar-refractivity contribution in [1.29, 1.82) is 0 Å². The highest BCUT2D eigenvalue weighted by atomic mass is 35.5. The van der Waals surface area contributed by atoms with Gasteiger partial charge in [-0.1, -0.05) is 0 Å². The molecule has 0 amide bonds.